The van der Waals surface area contributed by atoms with Crippen LogP contribution in [0.25, 0.3) is 11.4 Å². The molecule has 1 atom stereocenters. The fraction of sp³-hybridized carbons (Fsp3) is 0.167. The molecule has 1 aliphatic heterocycles. The summed E-state index contributed by atoms with van der Waals surface area (Å²) in [5.74, 6) is -1.20. The van der Waals surface area contributed by atoms with Gasteiger partial charge < -0.3 is 14.2 Å². The third kappa shape index (κ3) is 3.20. The lowest BCUT2D eigenvalue weighted by Gasteiger charge is -2.23. The van der Waals surface area contributed by atoms with E-state index in [0.29, 0.717) is 27.8 Å². The molecule has 1 amide bonds. The van der Waals surface area contributed by atoms with Crippen molar-refractivity contribution < 1.29 is 19.4 Å². The highest BCUT2D eigenvalue weighted by Gasteiger charge is 2.48. The van der Waals surface area contributed by atoms with Crippen LogP contribution in [0.5, 0.6) is 5.75 Å². The van der Waals surface area contributed by atoms with E-state index in [1.54, 1.807) is 43.0 Å². The van der Waals surface area contributed by atoms with Gasteiger partial charge in [0.2, 0.25) is 0 Å². The minimum atomic E-state index is -0.854. The van der Waals surface area contributed by atoms with E-state index in [9.17, 15) is 14.7 Å². The number of benzene rings is 1. The first kappa shape index (κ1) is 20.9. The second-order valence-electron chi connectivity index (χ2n) is 7.69. The van der Waals surface area contributed by atoms with Crippen LogP contribution in [0.4, 0.5) is 5.13 Å². The van der Waals surface area contributed by atoms with E-state index in [1.807, 2.05) is 36.6 Å². The van der Waals surface area contributed by atoms with Crippen molar-refractivity contribution in [2.45, 2.75) is 19.9 Å². The number of rotatable bonds is 4. The third-order valence-electron chi connectivity index (χ3n) is 5.81. The summed E-state index contributed by atoms with van der Waals surface area (Å²) in [7, 11) is 1.56. The van der Waals surface area contributed by atoms with Gasteiger partial charge >= 0.3 is 5.91 Å². The van der Waals surface area contributed by atoms with Crippen LogP contribution in [0.2, 0.25) is 0 Å². The van der Waals surface area contributed by atoms with E-state index in [0.717, 1.165) is 5.56 Å². The number of hydrogen-bond donors (Lipinski definition) is 1. The molecule has 1 fully saturated rings. The van der Waals surface area contributed by atoms with Crippen LogP contribution < -0.4 is 9.64 Å². The predicted octanol–water partition coefficient (Wildman–Crippen LogP) is 4.04. The highest BCUT2D eigenvalue weighted by Crippen LogP contribution is 2.43. The maximum Gasteiger partial charge on any atom is 0.301 e. The number of imidazole rings is 1. The van der Waals surface area contributed by atoms with Crippen LogP contribution in [0.1, 0.15) is 28.6 Å². The molecule has 0 bridgehead atoms. The Labute approximate surface area is 193 Å². The Morgan fingerprint density at radius 2 is 1.91 bits per heavy atom. The number of hydrogen-bond acceptors (Lipinski definition) is 7. The molecule has 1 unspecified atom stereocenters. The molecule has 3 aromatic heterocycles. The zero-order valence-corrected chi connectivity index (χ0v) is 19.0. The molecule has 33 heavy (non-hydrogen) atoms. The Morgan fingerprint density at radius 3 is 2.55 bits per heavy atom. The van der Waals surface area contributed by atoms with Gasteiger partial charge in [-0.2, -0.15) is 0 Å². The smallest absolute Gasteiger partial charge is 0.301 e. The molecule has 1 aromatic carbocycles. The minimum absolute atomic E-state index is 0.0236. The summed E-state index contributed by atoms with van der Waals surface area (Å²) in [4.78, 5) is 36.5. The van der Waals surface area contributed by atoms with Gasteiger partial charge in [-0.1, -0.05) is 18.2 Å². The Kier molecular flexibility index (Phi) is 4.98. The van der Waals surface area contributed by atoms with Gasteiger partial charge in [-0.25, -0.2) is 9.97 Å². The van der Waals surface area contributed by atoms with Crippen molar-refractivity contribution in [1.29, 1.82) is 0 Å². The molecule has 0 radical (unpaired) electrons. The average Bonchev–Trinajstić information content (AvgIpc) is 3.53. The van der Waals surface area contributed by atoms with E-state index < -0.39 is 17.7 Å². The Morgan fingerprint density at radius 1 is 1.15 bits per heavy atom. The van der Waals surface area contributed by atoms with Crippen molar-refractivity contribution in [3.63, 3.8) is 0 Å². The molecular weight excluding hydrogens is 440 g/mol. The van der Waals surface area contributed by atoms with Gasteiger partial charge in [0.05, 0.1) is 24.4 Å². The van der Waals surface area contributed by atoms with Crippen molar-refractivity contribution in [3.05, 3.63) is 82.3 Å². The SMILES string of the molecule is COc1ccc(C2/C(=C(\O)c3nc4c(C)cccn4c3C)C(=O)C(=O)N2c2nccs2)cc1. The van der Waals surface area contributed by atoms with Gasteiger partial charge in [-0.05, 0) is 43.2 Å². The summed E-state index contributed by atoms with van der Waals surface area (Å²) < 4.78 is 7.10. The Hall–Kier alpha value is -3.98. The number of pyridine rings is 1. The van der Waals surface area contributed by atoms with E-state index in [-0.39, 0.29) is 17.0 Å². The number of nitrogens with zero attached hydrogens (tertiary/aromatic N) is 4. The molecule has 4 heterocycles. The molecular formula is C24H20N4O4S. The normalized spacial score (nSPS) is 17.8. The number of ketones is 1. The number of thiazole rings is 1. The van der Waals surface area contributed by atoms with Gasteiger partial charge in [0, 0.05) is 17.8 Å². The topological polar surface area (TPSA) is 97.0 Å². The number of fused-ring (bicyclic) bond motifs is 1. The van der Waals surface area contributed by atoms with Crippen LogP contribution >= 0.6 is 11.3 Å². The molecule has 1 N–H and O–H groups in total. The van der Waals surface area contributed by atoms with E-state index in [4.69, 9.17) is 4.74 Å². The summed E-state index contributed by atoms with van der Waals surface area (Å²) >= 11 is 1.24. The summed E-state index contributed by atoms with van der Waals surface area (Å²) in [5, 5.41) is 13.5. The Balaban J connectivity index is 1.75. The molecule has 9 heteroatoms. The van der Waals surface area contributed by atoms with Crippen molar-refractivity contribution in [2.24, 2.45) is 0 Å². The summed E-state index contributed by atoms with van der Waals surface area (Å²) in [6, 6.07) is 9.98. The second-order valence-corrected chi connectivity index (χ2v) is 8.56. The number of aliphatic hydroxyl groups is 1. The number of carbonyl (C=O) groups excluding carboxylic acids is 2. The lowest BCUT2D eigenvalue weighted by molar-refractivity contribution is -0.132. The minimum Gasteiger partial charge on any atom is -0.505 e. The Bertz CT molecular complexity index is 1420. The predicted molar refractivity (Wildman–Crippen MR) is 125 cm³/mol. The lowest BCUT2D eigenvalue weighted by atomic mass is 9.96. The molecule has 0 saturated carbocycles. The molecule has 166 valence electrons. The standard InChI is InChI=1S/C24H20N4O4S/c1-13-5-4-11-27-14(2)18(26-22(13)27)20(29)17-19(15-6-8-16(32-3)9-7-15)28(23(31)21(17)30)24-25-10-12-33-24/h4-12,19,29H,1-3H3/b20-17+. The quantitative estimate of drug-likeness (QED) is 0.280. The largest absolute Gasteiger partial charge is 0.505 e. The summed E-state index contributed by atoms with van der Waals surface area (Å²) in [6.07, 6.45) is 3.41. The zero-order valence-electron chi connectivity index (χ0n) is 18.1. The monoisotopic (exact) mass is 460 g/mol. The third-order valence-corrected chi connectivity index (χ3v) is 6.58. The maximum absolute atomic E-state index is 13.2. The molecule has 0 aliphatic carbocycles. The number of carbonyl (C=O) groups is 2. The van der Waals surface area contributed by atoms with Gasteiger partial charge in [0.1, 0.15) is 17.1 Å². The maximum atomic E-state index is 13.2. The van der Waals surface area contributed by atoms with Crippen LogP contribution in [-0.4, -0.2) is 38.3 Å². The highest BCUT2D eigenvalue weighted by atomic mass is 32.1. The van der Waals surface area contributed by atoms with Gasteiger partial charge in [0.15, 0.2) is 10.9 Å². The fourth-order valence-corrected chi connectivity index (χ4v) is 4.81. The van der Waals surface area contributed by atoms with Crippen LogP contribution in [-0.2, 0) is 9.59 Å². The second kappa shape index (κ2) is 7.86. The van der Waals surface area contributed by atoms with Crippen LogP contribution in [0.15, 0.2) is 59.7 Å². The van der Waals surface area contributed by atoms with E-state index >= 15 is 0 Å². The van der Waals surface area contributed by atoms with E-state index in [1.165, 1.54) is 16.2 Å². The lowest BCUT2D eigenvalue weighted by Crippen LogP contribution is -2.29. The molecule has 5 rings (SSSR count). The van der Waals surface area contributed by atoms with Gasteiger partial charge in [0.25, 0.3) is 5.78 Å². The summed E-state index contributed by atoms with van der Waals surface area (Å²) in [5.41, 5.74) is 3.15. The highest BCUT2D eigenvalue weighted by molar-refractivity contribution is 7.14. The van der Waals surface area contributed by atoms with Gasteiger partial charge in [-0.3, -0.25) is 14.5 Å². The number of aromatic nitrogens is 3. The zero-order chi connectivity index (χ0) is 23.3. The first-order chi connectivity index (χ1) is 15.9. The number of Topliss-reactive ketones (excluding diaryl/α,β-unsaturated/α-hetero) is 1. The van der Waals surface area contributed by atoms with Crippen molar-refractivity contribution in [1.82, 2.24) is 14.4 Å². The fourth-order valence-electron chi connectivity index (χ4n) is 4.14. The molecule has 1 saturated heterocycles. The molecule has 8 nitrogen and oxygen atoms in total. The van der Waals surface area contributed by atoms with Crippen LogP contribution in [0, 0.1) is 13.8 Å². The van der Waals surface area contributed by atoms with E-state index in [2.05, 4.69) is 9.97 Å². The van der Waals surface area contributed by atoms with Crippen LogP contribution in [0.3, 0.4) is 0 Å². The van der Waals surface area contributed by atoms with Crippen molar-refractivity contribution in [3.8, 4) is 5.75 Å². The number of ether oxygens (including phenoxy) is 1. The number of aliphatic hydroxyl groups excluding tert-OH is 1. The summed E-state index contributed by atoms with van der Waals surface area (Å²) in [6.45, 7) is 3.73. The number of aryl methyl sites for hydroxylation is 2. The van der Waals surface area contributed by atoms with Crippen molar-refractivity contribution in [2.75, 3.05) is 12.0 Å². The molecule has 1 aliphatic rings. The van der Waals surface area contributed by atoms with Crippen molar-refractivity contribution >= 4 is 39.6 Å². The number of amides is 1. The van der Waals surface area contributed by atoms with Gasteiger partial charge in [-0.15, -0.1) is 11.3 Å². The number of methoxy groups -OCH3 is 1. The first-order valence-corrected chi connectivity index (χ1v) is 11.1. The molecule has 4 aromatic rings. The molecule has 0 spiro atoms. The number of anilines is 1. The average molecular weight is 461 g/mol. The first-order valence-electron chi connectivity index (χ1n) is 10.2.